The van der Waals surface area contributed by atoms with Crippen LogP contribution in [0.5, 0.6) is 0 Å². The maximum Gasteiger partial charge on any atom is 0.131 e. The van der Waals surface area contributed by atoms with Gasteiger partial charge in [-0.3, -0.25) is 4.98 Å². The van der Waals surface area contributed by atoms with Crippen LogP contribution in [-0.2, 0) is 6.42 Å². The molecule has 1 aliphatic rings. The fourth-order valence-corrected chi connectivity index (χ4v) is 2.12. The van der Waals surface area contributed by atoms with Crippen molar-refractivity contribution >= 4 is 0 Å². The van der Waals surface area contributed by atoms with Crippen molar-refractivity contribution in [2.75, 3.05) is 0 Å². The Bertz CT molecular complexity index is 492. The molecule has 2 aromatic heterocycles. The number of aliphatic hydroxyl groups excluding tert-OH is 1. The Kier molecular flexibility index (Phi) is 2.22. The largest absolute Gasteiger partial charge is 0.373 e. The third kappa shape index (κ3) is 1.51. The molecule has 1 atom stereocenters. The summed E-state index contributed by atoms with van der Waals surface area (Å²) in [7, 11) is 0. The molecule has 0 aromatic carbocycles. The molecular formula is C12H13N3O. The Balaban J connectivity index is 2.05. The minimum Gasteiger partial charge on any atom is -0.373 e. The van der Waals surface area contributed by atoms with Crippen LogP contribution in [0.4, 0.5) is 0 Å². The molecule has 1 unspecified atom stereocenters. The first kappa shape index (κ1) is 9.54. The smallest absolute Gasteiger partial charge is 0.131 e. The summed E-state index contributed by atoms with van der Waals surface area (Å²) < 4.78 is 1.87. The molecule has 16 heavy (non-hydrogen) atoms. The van der Waals surface area contributed by atoms with Gasteiger partial charge in [0.1, 0.15) is 12.1 Å². The molecule has 0 spiro atoms. The number of aromatic nitrogens is 3. The lowest BCUT2D eigenvalue weighted by molar-refractivity contribution is 0.0781. The molecule has 0 bridgehead atoms. The fourth-order valence-electron chi connectivity index (χ4n) is 2.12. The molecule has 0 amide bonds. The van der Waals surface area contributed by atoms with Crippen LogP contribution in [0.25, 0.3) is 11.3 Å². The number of aliphatic hydroxyl groups is 1. The van der Waals surface area contributed by atoms with Crippen molar-refractivity contribution in [3.05, 3.63) is 36.5 Å². The Labute approximate surface area is 93.6 Å². The lowest BCUT2D eigenvalue weighted by atomic mass is 10.1. The Morgan fingerprint density at radius 3 is 2.88 bits per heavy atom. The molecule has 3 rings (SSSR count). The van der Waals surface area contributed by atoms with E-state index in [0.717, 1.165) is 36.3 Å². The van der Waals surface area contributed by atoms with Crippen molar-refractivity contribution in [1.29, 1.82) is 0 Å². The highest BCUT2D eigenvalue weighted by molar-refractivity contribution is 5.57. The second kappa shape index (κ2) is 3.72. The van der Waals surface area contributed by atoms with Gasteiger partial charge in [-0.15, -0.1) is 0 Å². The fraction of sp³-hybridized carbons (Fsp3) is 0.333. The summed E-state index contributed by atoms with van der Waals surface area (Å²) in [6.07, 6.45) is 7.80. The van der Waals surface area contributed by atoms with Gasteiger partial charge < -0.3 is 9.67 Å². The monoisotopic (exact) mass is 215 g/mol. The minimum absolute atomic E-state index is 0.410. The average Bonchev–Trinajstić information content (AvgIpc) is 2.76. The Morgan fingerprint density at radius 1 is 1.31 bits per heavy atom. The van der Waals surface area contributed by atoms with Gasteiger partial charge in [-0.1, -0.05) is 0 Å². The molecule has 1 N–H and O–H groups in total. The van der Waals surface area contributed by atoms with E-state index in [9.17, 15) is 5.11 Å². The van der Waals surface area contributed by atoms with Gasteiger partial charge in [0, 0.05) is 30.6 Å². The maximum absolute atomic E-state index is 9.83. The summed E-state index contributed by atoms with van der Waals surface area (Å²) >= 11 is 0. The number of hydrogen-bond acceptors (Lipinski definition) is 3. The lowest BCUT2D eigenvalue weighted by Crippen LogP contribution is -2.16. The van der Waals surface area contributed by atoms with E-state index >= 15 is 0 Å². The minimum atomic E-state index is -0.410. The number of fused-ring (bicyclic) bond motifs is 1. The SMILES string of the molecule is OC1CCCc2nc(-c3ccncc3)cn21. The highest BCUT2D eigenvalue weighted by Gasteiger charge is 2.19. The highest BCUT2D eigenvalue weighted by atomic mass is 16.3. The van der Waals surface area contributed by atoms with Gasteiger partial charge in [0.2, 0.25) is 0 Å². The quantitative estimate of drug-likeness (QED) is 0.788. The zero-order valence-electron chi connectivity index (χ0n) is 8.87. The van der Waals surface area contributed by atoms with Crippen LogP contribution in [0.1, 0.15) is 24.9 Å². The van der Waals surface area contributed by atoms with E-state index in [1.165, 1.54) is 0 Å². The summed E-state index contributed by atoms with van der Waals surface area (Å²) in [5.74, 6) is 0.977. The molecule has 4 heteroatoms. The number of nitrogens with zero attached hydrogens (tertiary/aromatic N) is 3. The number of pyridine rings is 1. The molecule has 4 nitrogen and oxygen atoms in total. The predicted molar refractivity (Wildman–Crippen MR) is 59.7 cm³/mol. The van der Waals surface area contributed by atoms with E-state index in [2.05, 4.69) is 9.97 Å². The van der Waals surface area contributed by atoms with Gasteiger partial charge in [-0.25, -0.2) is 4.98 Å². The van der Waals surface area contributed by atoms with E-state index in [1.54, 1.807) is 12.4 Å². The topological polar surface area (TPSA) is 50.9 Å². The third-order valence-corrected chi connectivity index (χ3v) is 2.97. The van der Waals surface area contributed by atoms with Crippen LogP contribution < -0.4 is 0 Å². The van der Waals surface area contributed by atoms with Crippen LogP contribution in [0, 0.1) is 0 Å². The molecule has 2 aromatic rings. The summed E-state index contributed by atoms with van der Waals surface area (Å²) in [6.45, 7) is 0. The highest BCUT2D eigenvalue weighted by Crippen LogP contribution is 2.26. The molecule has 0 aliphatic carbocycles. The van der Waals surface area contributed by atoms with Gasteiger partial charge in [0.15, 0.2) is 0 Å². The zero-order chi connectivity index (χ0) is 11.0. The zero-order valence-corrected chi connectivity index (χ0v) is 8.87. The number of imidazole rings is 1. The van der Waals surface area contributed by atoms with Crippen molar-refractivity contribution in [2.24, 2.45) is 0 Å². The van der Waals surface area contributed by atoms with Crippen molar-refractivity contribution < 1.29 is 5.11 Å². The van der Waals surface area contributed by atoms with Gasteiger partial charge in [0.05, 0.1) is 5.69 Å². The first-order chi connectivity index (χ1) is 7.84. The summed E-state index contributed by atoms with van der Waals surface area (Å²) in [5.41, 5.74) is 1.96. The Hall–Kier alpha value is -1.68. The second-order valence-corrected chi connectivity index (χ2v) is 4.06. The van der Waals surface area contributed by atoms with Gasteiger partial charge >= 0.3 is 0 Å². The van der Waals surface area contributed by atoms with Gasteiger partial charge in [-0.2, -0.15) is 0 Å². The van der Waals surface area contributed by atoms with E-state index < -0.39 is 6.23 Å². The number of hydrogen-bond donors (Lipinski definition) is 1. The van der Waals surface area contributed by atoms with Crippen LogP contribution in [0.2, 0.25) is 0 Å². The molecule has 3 heterocycles. The third-order valence-electron chi connectivity index (χ3n) is 2.97. The van der Waals surface area contributed by atoms with E-state index in [1.807, 2.05) is 22.9 Å². The first-order valence-corrected chi connectivity index (χ1v) is 5.51. The molecule has 0 saturated carbocycles. The molecule has 82 valence electrons. The summed E-state index contributed by atoms with van der Waals surface area (Å²) in [6, 6.07) is 3.86. The van der Waals surface area contributed by atoms with E-state index in [-0.39, 0.29) is 0 Å². The van der Waals surface area contributed by atoms with Crippen LogP contribution in [-0.4, -0.2) is 19.6 Å². The van der Waals surface area contributed by atoms with Gasteiger partial charge in [0.25, 0.3) is 0 Å². The maximum atomic E-state index is 9.83. The second-order valence-electron chi connectivity index (χ2n) is 4.06. The molecule has 1 aliphatic heterocycles. The summed E-state index contributed by atoms with van der Waals surface area (Å²) in [4.78, 5) is 8.53. The van der Waals surface area contributed by atoms with Crippen molar-refractivity contribution in [2.45, 2.75) is 25.5 Å². The van der Waals surface area contributed by atoms with Crippen molar-refractivity contribution in [3.8, 4) is 11.3 Å². The first-order valence-electron chi connectivity index (χ1n) is 5.51. The number of aryl methyl sites for hydroxylation is 1. The van der Waals surface area contributed by atoms with Crippen LogP contribution in [0.3, 0.4) is 0 Å². The molecular weight excluding hydrogens is 202 g/mol. The van der Waals surface area contributed by atoms with E-state index in [0.29, 0.717) is 0 Å². The predicted octanol–water partition coefficient (Wildman–Crippen LogP) is 1.77. The Morgan fingerprint density at radius 2 is 2.12 bits per heavy atom. The average molecular weight is 215 g/mol. The summed E-state index contributed by atoms with van der Waals surface area (Å²) in [5, 5.41) is 9.83. The van der Waals surface area contributed by atoms with Crippen LogP contribution in [0.15, 0.2) is 30.7 Å². The van der Waals surface area contributed by atoms with Crippen molar-refractivity contribution in [3.63, 3.8) is 0 Å². The van der Waals surface area contributed by atoms with Gasteiger partial charge in [-0.05, 0) is 25.0 Å². The van der Waals surface area contributed by atoms with E-state index in [4.69, 9.17) is 0 Å². The standard InChI is InChI=1S/C12H13N3O/c16-12-3-1-2-11-14-10(8-15(11)12)9-4-6-13-7-5-9/h4-8,12,16H,1-3H2. The molecule has 0 fully saturated rings. The number of rotatable bonds is 1. The lowest BCUT2D eigenvalue weighted by Gasteiger charge is -2.19. The van der Waals surface area contributed by atoms with Crippen LogP contribution >= 0.6 is 0 Å². The van der Waals surface area contributed by atoms with Crippen molar-refractivity contribution in [1.82, 2.24) is 14.5 Å². The normalized spacial score (nSPS) is 19.4. The molecule has 0 radical (unpaired) electrons. The molecule has 0 saturated heterocycles.